The molecular weight excluding hydrogens is 500 g/mol. The van der Waals surface area contributed by atoms with E-state index < -0.39 is 18.1 Å². The lowest BCUT2D eigenvalue weighted by atomic mass is 10.0. The highest BCUT2D eigenvalue weighted by molar-refractivity contribution is 9.10. The number of aromatic nitrogens is 1. The number of carbonyl (C=O) groups is 3. The number of rotatable bonds is 4. The molecule has 0 unspecified atom stereocenters. The highest BCUT2D eigenvalue weighted by Gasteiger charge is 2.36. The van der Waals surface area contributed by atoms with Crippen molar-refractivity contribution >= 4 is 50.6 Å². The maximum absolute atomic E-state index is 13.4. The minimum absolute atomic E-state index is 0.0712. The maximum Gasteiger partial charge on any atom is 0.421 e. The molecule has 0 saturated carbocycles. The molecule has 2 aromatic carbocycles. The SMILES string of the molecule is CC(C)COC(=O)N1C(=O)Cc2c(n(C(=O)OCC(C)C)c3ccc(Br)cc23)-c2ccccc21. The molecule has 3 aromatic rings. The van der Waals surface area contributed by atoms with Gasteiger partial charge in [-0.1, -0.05) is 61.8 Å². The Labute approximate surface area is 206 Å². The summed E-state index contributed by atoms with van der Waals surface area (Å²) in [6, 6.07) is 12.6. The number of benzene rings is 2. The highest BCUT2D eigenvalue weighted by atomic mass is 79.9. The van der Waals surface area contributed by atoms with E-state index in [4.69, 9.17) is 9.47 Å². The number of amides is 2. The third-order valence-electron chi connectivity index (χ3n) is 5.46. The van der Waals surface area contributed by atoms with Crippen LogP contribution in [0.25, 0.3) is 22.2 Å². The number of anilines is 1. The summed E-state index contributed by atoms with van der Waals surface area (Å²) in [4.78, 5) is 40.8. The van der Waals surface area contributed by atoms with Gasteiger partial charge in [0.1, 0.15) is 0 Å². The van der Waals surface area contributed by atoms with Gasteiger partial charge in [0.05, 0.1) is 36.5 Å². The van der Waals surface area contributed by atoms with Crippen LogP contribution in [0.2, 0.25) is 0 Å². The van der Waals surface area contributed by atoms with Gasteiger partial charge in [0.2, 0.25) is 5.91 Å². The fraction of sp³-hybridized carbons (Fsp3) is 0.346. The summed E-state index contributed by atoms with van der Waals surface area (Å²) in [5, 5.41) is 0.742. The average molecular weight is 527 g/mol. The Morgan fingerprint density at radius 3 is 2.29 bits per heavy atom. The minimum Gasteiger partial charge on any atom is -0.449 e. The first-order chi connectivity index (χ1) is 16.2. The van der Waals surface area contributed by atoms with E-state index in [0.717, 1.165) is 14.8 Å². The Kier molecular flexibility index (Phi) is 6.79. The van der Waals surface area contributed by atoms with Crippen LogP contribution in [0, 0.1) is 11.8 Å². The van der Waals surface area contributed by atoms with Crippen LogP contribution in [0.3, 0.4) is 0 Å². The van der Waals surface area contributed by atoms with Crippen molar-refractivity contribution in [3.63, 3.8) is 0 Å². The lowest BCUT2D eigenvalue weighted by Crippen LogP contribution is -2.38. The van der Waals surface area contributed by atoms with Gasteiger partial charge in [0.15, 0.2) is 0 Å². The molecule has 0 N–H and O–H groups in total. The topological polar surface area (TPSA) is 77.8 Å². The van der Waals surface area contributed by atoms with Crippen molar-refractivity contribution < 1.29 is 23.9 Å². The summed E-state index contributed by atoms with van der Waals surface area (Å²) >= 11 is 3.50. The molecule has 0 spiro atoms. The largest absolute Gasteiger partial charge is 0.449 e. The number of ether oxygens (including phenoxy) is 2. The molecule has 0 saturated heterocycles. The van der Waals surface area contributed by atoms with E-state index in [2.05, 4.69) is 15.9 Å². The van der Waals surface area contributed by atoms with Gasteiger partial charge < -0.3 is 9.47 Å². The van der Waals surface area contributed by atoms with Crippen molar-refractivity contribution in [1.82, 2.24) is 4.57 Å². The molecule has 8 heteroatoms. The number of imide groups is 1. The molecule has 0 bridgehead atoms. The van der Waals surface area contributed by atoms with Crippen LogP contribution in [0.1, 0.15) is 33.3 Å². The summed E-state index contributed by atoms with van der Waals surface area (Å²) in [5.74, 6) is -0.131. The molecular formula is C26H27BrN2O5. The summed E-state index contributed by atoms with van der Waals surface area (Å²) in [5.41, 5.74) is 2.80. The number of hydrogen-bond donors (Lipinski definition) is 0. The van der Waals surface area contributed by atoms with E-state index in [1.54, 1.807) is 18.2 Å². The van der Waals surface area contributed by atoms with Gasteiger partial charge >= 0.3 is 12.2 Å². The van der Waals surface area contributed by atoms with E-state index in [9.17, 15) is 14.4 Å². The molecule has 4 rings (SSSR count). The van der Waals surface area contributed by atoms with Crippen LogP contribution in [-0.2, 0) is 20.7 Å². The number of carbonyl (C=O) groups excluding carboxylic acids is 3. The van der Waals surface area contributed by atoms with Crippen LogP contribution in [0.15, 0.2) is 46.9 Å². The average Bonchev–Trinajstić information content (AvgIpc) is 3.02. The smallest absolute Gasteiger partial charge is 0.421 e. The summed E-state index contributed by atoms with van der Waals surface area (Å²) in [6.45, 7) is 8.24. The van der Waals surface area contributed by atoms with Gasteiger partial charge in [-0.3, -0.25) is 4.79 Å². The predicted octanol–water partition coefficient (Wildman–Crippen LogP) is 6.39. The minimum atomic E-state index is -0.726. The molecule has 1 aliphatic rings. The van der Waals surface area contributed by atoms with Crippen LogP contribution in [0.5, 0.6) is 0 Å². The molecule has 2 amide bonds. The molecule has 1 aromatic heterocycles. The monoisotopic (exact) mass is 526 g/mol. The van der Waals surface area contributed by atoms with E-state index >= 15 is 0 Å². The van der Waals surface area contributed by atoms with Gasteiger partial charge in [-0.25, -0.2) is 19.1 Å². The second kappa shape index (κ2) is 9.62. The van der Waals surface area contributed by atoms with E-state index in [1.807, 2.05) is 52.0 Å². The zero-order valence-corrected chi connectivity index (χ0v) is 21.2. The molecule has 0 radical (unpaired) electrons. The highest BCUT2D eigenvalue weighted by Crippen LogP contribution is 2.42. The van der Waals surface area contributed by atoms with E-state index in [0.29, 0.717) is 28.0 Å². The third-order valence-corrected chi connectivity index (χ3v) is 5.95. The maximum atomic E-state index is 13.4. The van der Waals surface area contributed by atoms with E-state index in [-0.39, 0.29) is 31.5 Å². The molecule has 7 nitrogen and oxygen atoms in total. The standard InChI is InChI=1S/C26H27BrN2O5/c1-15(2)13-33-25(31)28-21-8-6-5-7-18(21)24-20(12-23(28)30)19-11-17(27)9-10-22(19)29(24)26(32)34-14-16(3)4/h5-11,15-16H,12-14H2,1-4H3. The summed E-state index contributed by atoms with van der Waals surface area (Å²) < 4.78 is 13.3. The fourth-order valence-corrected chi connectivity index (χ4v) is 4.38. The Bertz CT molecular complexity index is 1280. The molecule has 0 fully saturated rings. The quantitative estimate of drug-likeness (QED) is 0.393. The lowest BCUT2D eigenvalue weighted by molar-refractivity contribution is -0.117. The number of hydrogen-bond acceptors (Lipinski definition) is 5. The third kappa shape index (κ3) is 4.46. The number of halogens is 1. The first kappa shape index (κ1) is 24.0. The van der Waals surface area contributed by atoms with Crippen LogP contribution < -0.4 is 4.90 Å². The van der Waals surface area contributed by atoms with Crippen LogP contribution >= 0.6 is 15.9 Å². The zero-order chi connectivity index (χ0) is 24.6. The lowest BCUT2D eigenvalue weighted by Gasteiger charge is -2.21. The van der Waals surface area contributed by atoms with Crippen molar-refractivity contribution in [2.45, 2.75) is 34.1 Å². The Morgan fingerprint density at radius 1 is 0.971 bits per heavy atom. The van der Waals surface area contributed by atoms with Gasteiger partial charge in [0, 0.05) is 15.4 Å². The summed E-state index contributed by atoms with van der Waals surface area (Å²) in [6.07, 6.45) is -1.32. The van der Waals surface area contributed by atoms with Crippen molar-refractivity contribution in [1.29, 1.82) is 0 Å². The van der Waals surface area contributed by atoms with Crippen molar-refractivity contribution in [3.8, 4) is 11.3 Å². The van der Waals surface area contributed by atoms with Gasteiger partial charge in [-0.2, -0.15) is 0 Å². The Balaban J connectivity index is 1.94. The van der Waals surface area contributed by atoms with Gasteiger partial charge in [-0.05, 0) is 41.7 Å². The first-order valence-corrected chi connectivity index (χ1v) is 12.1. The van der Waals surface area contributed by atoms with Crippen LogP contribution in [0.4, 0.5) is 15.3 Å². The van der Waals surface area contributed by atoms with Crippen molar-refractivity contribution in [3.05, 3.63) is 52.5 Å². The first-order valence-electron chi connectivity index (χ1n) is 11.3. The number of para-hydroxylation sites is 1. The van der Waals surface area contributed by atoms with Crippen molar-refractivity contribution in [2.75, 3.05) is 18.1 Å². The molecule has 1 aliphatic heterocycles. The number of nitrogens with zero attached hydrogens (tertiary/aromatic N) is 2. The molecule has 34 heavy (non-hydrogen) atoms. The fourth-order valence-electron chi connectivity index (χ4n) is 4.02. The summed E-state index contributed by atoms with van der Waals surface area (Å²) in [7, 11) is 0. The molecule has 2 heterocycles. The normalized spacial score (nSPS) is 13.1. The zero-order valence-electron chi connectivity index (χ0n) is 19.6. The van der Waals surface area contributed by atoms with Crippen molar-refractivity contribution in [2.24, 2.45) is 11.8 Å². The Morgan fingerprint density at radius 2 is 1.62 bits per heavy atom. The molecule has 0 aliphatic carbocycles. The predicted molar refractivity (Wildman–Crippen MR) is 134 cm³/mol. The van der Waals surface area contributed by atoms with Crippen LogP contribution in [-0.4, -0.2) is 35.9 Å². The van der Waals surface area contributed by atoms with Gasteiger partial charge in [0.25, 0.3) is 0 Å². The second-order valence-electron chi connectivity index (χ2n) is 9.19. The number of fused-ring (bicyclic) bond motifs is 5. The molecule has 0 atom stereocenters. The Hall–Kier alpha value is -3.13. The second-order valence-corrected chi connectivity index (χ2v) is 10.1. The molecule has 178 valence electrons. The van der Waals surface area contributed by atoms with E-state index in [1.165, 1.54) is 4.57 Å². The van der Waals surface area contributed by atoms with Gasteiger partial charge in [-0.15, -0.1) is 0 Å².